The van der Waals surface area contributed by atoms with Gasteiger partial charge in [-0.2, -0.15) is 0 Å². The molecule has 2 N–H and O–H groups in total. The van der Waals surface area contributed by atoms with Crippen molar-refractivity contribution in [2.75, 3.05) is 13.1 Å². The maximum atomic E-state index is 5.97. The first-order valence-electron chi connectivity index (χ1n) is 6.48. The van der Waals surface area contributed by atoms with Crippen molar-refractivity contribution in [3.63, 3.8) is 0 Å². The first kappa shape index (κ1) is 17.4. The number of benzene rings is 1. The SMILES string of the molecule is CC(N)C1CCN(Cc2ccc(Br)c(Br)c2)CC1.Cl. The van der Waals surface area contributed by atoms with Crippen molar-refractivity contribution in [1.82, 2.24) is 4.90 Å². The number of rotatable bonds is 3. The standard InChI is InChI=1S/C14H20Br2N2.ClH/c1-10(17)12-4-6-18(7-5-12)9-11-2-3-13(15)14(16)8-11;/h2-3,8,10,12H,4-7,9,17H2,1H3;1H. The Hall–Kier alpha value is 0.390. The third-order valence-electron chi connectivity index (χ3n) is 3.77. The van der Waals surface area contributed by atoms with Crippen LogP contribution in [0.3, 0.4) is 0 Å². The third kappa shape index (κ3) is 5.01. The van der Waals surface area contributed by atoms with Crippen LogP contribution < -0.4 is 5.73 Å². The van der Waals surface area contributed by atoms with Gasteiger partial charge in [-0.15, -0.1) is 12.4 Å². The van der Waals surface area contributed by atoms with Crippen LogP contribution in [-0.4, -0.2) is 24.0 Å². The topological polar surface area (TPSA) is 29.3 Å². The Kier molecular flexibility index (Phi) is 7.33. The van der Waals surface area contributed by atoms with E-state index < -0.39 is 0 Å². The highest BCUT2D eigenvalue weighted by Crippen LogP contribution is 2.26. The lowest BCUT2D eigenvalue weighted by atomic mass is 9.91. The molecule has 0 radical (unpaired) electrons. The van der Waals surface area contributed by atoms with Crippen molar-refractivity contribution >= 4 is 44.3 Å². The molecule has 0 bridgehead atoms. The minimum absolute atomic E-state index is 0. The second kappa shape index (κ2) is 7.99. The van der Waals surface area contributed by atoms with Crippen LogP contribution >= 0.6 is 44.3 Å². The average Bonchev–Trinajstić information content (AvgIpc) is 2.34. The molecule has 0 aromatic heterocycles. The maximum absolute atomic E-state index is 5.97. The highest BCUT2D eigenvalue weighted by Gasteiger charge is 2.21. The van der Waals surface area contributed by atoms with Crippen molar-refractivity contribution < 1.29 is 0 Å². The van der Waals surface area contributed by atoms with Gasteiger partial charge in [-0.25, -0.2) is 0 Å². The highest BCUT2D eigenvalue weighted by atomic mass is 79.9. The first-order chi connectivity index (χ1) is 8.56. The van der Waals surface area contributed by atoms with Gasteiger partial charge < -0.3 is 5.73 Å². The van der Waals surface area contributed by atoms with Gasteiger partial charge in [0.2, 0.25) is 0 Å². The van der Waals surface area contributed by atoms with E-state index in [4.69, 9.17) is 5.73 Å². The Morgan fingerprint density at radius 1 is 1.26 bits per heavy atom. The van der Waals surface area contributed by atoms with Crippen LogP contribution in [0.15, 0.2) is 27.1 Å². The minimum Gasteiger partial charge on any atom is -0.328 e. The fourth-order valence-electron chi connectivity index (χ4n) is 2.53. The largest absolute Gasteiger partial charge is 0.328 e. The van der Waals surface area contributed by atoms with Gasteiger partial charge in [-0.3, -0.25) is 4.90 Å². The molecular formula is C14H21Br2ClN2. The predicted molar refractivity (Wildman–Crippen MR) is 90.7 cm³/mol. The predicted octanol–water partition coefficient (Wildman–Crippen LogP) is 4.19. The summed E-state index contributed by atoms with van der Waals surface area (Å²) in [4.78, 5) is 2.52. The van der Waals surface area contributed by atoms with Crippen LogP contribution in [-0.2, 0) is 6.54 Å². The molecule has 19 heavy (non-hydrogen) atoms. The van der Waals surface area contributed by atoms with Gasteiger partial charge in [0, 0.05) is 21.5 Å². The summed E-state index contributed by atoms with van der Waals surface area (Å²) in [5, 5.41) is 0. The van der Waals surface area contributed by atoms with Crippen LogP contribution in [0.25, 0.3) is 0 Å². The summed E-state index contributed by atoms with van der Waals surface area (Å²) in [6, 6.07) is 6.83. The van der Waals surface area contributed by atoms with Crippen LogP contribution in [0, 0.1) is 5.92 Å². The zero-order valence-corrected chi connectivity index (χ0v) is 15.1. The van der Waals surface area contributed by atoms with Gasteiger partial charge in [0.1, 0.15) is 0 Å². The molecule has 5 heteroatoms. The van der Waals surface area contributed by atoms with Gasteiger partial charge >= 0.3 is 0 Å². The normalized spacial score (nSPS) is 18.9. The van der Waals surface area contributed by atoms with E-state index >= 15 is 0 Å². The maximum Gasteiger partial charge on any atom is 0.0320 e. The average molecular weight is 413 g/mol. The molecule has 0 spiro atoms. The molecule has 1 aromatic carbocycles. The molecule has 1 aliphatic rings. The third-order valence-corrected chi connectivity index (χ3v) is 5.65. The van der Waals surface area contributed by atoms with E-state index in [0.717, 1.165) is 15.5 Å². The Labute approximate surface area is 138 Å². The fourth-order valence-corrected chi connectivity index (χ4v) is 3.21. The molecule has 1 unspecified atom stereocenters. The zero-order valence-electron chi connectivity index (χ0n) is 11.1. The fraction of sp³-hybridized carbons (Fsp3) is 0.571. The quantitative estimate of drug-likeness (QED) is 0.807. The highest BCUT2D eigenvalue weighted by molar-refractivity contribution is 9.13. The van der Waals surface area contributed by atoms with Crippen molar-refractivity contribution in [3.05, 3.63) is 32.7 Å². The van der Waals surface area contributed by atoms with E-state index in [9.17, 15) is 0 Å². The molecule has 0 aliphatic carbocycles. The Morgan fingerprint density at radius 2 is 1.89 bits per heavy atom. The summed E-state index contributed by atoms with van der Waals surface area (Å²) in [5.74, 6) is 0.706. The summed E-state index contributed by atoms with van der Waals surface area (Å²) in [7, 11) is 0. The molecule has 2 nitrogen and oxygen atoms in total. The lowest BCUT2D eigenvalue weighted by Crippen LogP contribution is -2.39. The summed E-state index contributed by atoms with van der Waals surface area (Å²) in [6.45, 7) is 5.50. The number of nitrogens with zero attached hydrogens (tertiary/aromatic N) is 1. The van der Waals surface area contributed by atoms with Gasteiger partial charge in [0.25, 0.3) is 0 Å². The van der Waals surface area contributed by atoms with Crippen LogP contribution in [0.4, 0.5) is 0 Å². The smallest absolute Gasteiger partial charge is 0.0320 e. The van der Waals surface area contributed by atoms with Gasteiger partial charge in [-0.05, 0) is 88.3 Å². The van der Waals surface area contributed by atoms with Gasteiger partial charge in [0.05, 0.1) is 0 Å². The van der Waals surface area contributed by atoms with Crippen LogP contribution in [0.1, 0.15) is 25.3 Å². The summed E-state index contributed by atoms with van der Waals surface area (Å²) < 4.78 is 2.24. The second-order valence-electron chi connectivity index (χ2n) is 5.22. The number of likely N-dealkylation sites (tertiary alicyclic amines) is 1. The van der Waals surface area contributed by atoms with Crippen LogP contribution in [0.2, 0.25) is 0 Å². The Balaban J connectivity index is 0.00000180. The van der Waals surface area contributed by atoms with E-state index in [2.05, 4.69) is 61.9 Å². The summed E-state index contributed by atoms with van der Waals surface area (Å²) >= 11 is 7.06. The molecule has 1 aromatic rings. The lowest BCUT2D eigenvalue weighted by Gasteiger charge is -2.33. The Bertz CT molecular complexity index is 404. The Morgan fingerprint density at radius 3 is 2.42 bits per heavy atom. The van der Waals surface area contributed by atoms with Crippen molar-refractivity contribution in [2.45, 2.75) is 32.4 Å². The number of nitrogens with two attached hydrogens (primary N) is 1. The van der Waals surface area contributed by atoms with Crippen molar-refractivity contribution in [2.24, 2.45) is 11.7 Å². The van der Waals surface area contributed by atoms with Crippen LogP contribution in [0.5, 0.6) is 0 Å². The lowest BCUT2D eigenvalue weighted by molar-refractivity contribution is 0.165. The molecule has 2 rings (SSSR count). The molecular weight excluding hydrogens is 391 g/mol. The van der Waals surface area contributed by atoms with Gasteiger partial charge in [-0.1, -0.05) is 6.07 Å². The van der Waals surface area contributed by atoms with Gasteiger partial charge in [0.15, 0.2) is 0 Å². The summed E-state index contributed by atoms with van der Waals surface area (Å²) in [6.07, 6.45) is 2.46. The molecule has 108 valence electrons. The van der Waals surface area contributed by atoms with E-state index in [-0.39, 0.29) is 12.4 Å². The van der Waals surface area contributed by atoms with E-state index in [0.29, 0.717) is 12.0 Å². The second-order valence-corrected chi connectivity index (χ2v) is 6.93. The molecule has 1 fully saturated rings. The zero-order chi connectivity index (χ0) is 13.1. The molecule has 0 amide bonds. The molecule has 1 aliphatic heterocycles. The number of piperidine rings is 1. The number of hydrogen-bond donors (Lipinski definition) is 1. The van der Waals surface area contributed by atoms with E-state index in [1.807, 2.05) is 0 Å². The molecule has 1 heterocycles. The van der Waals surface area contributed by atoms with Crippen molar-refractivity contribution in [3.8, 4) is 0 Å². The number of hydrogen-bond acceptors (Lipinski definition) is 2. The molecule has 1 saturated heterocycles. The molecule has 1 atom stereocenters. The van der Waals surface area contributed by atoms with E-state index in [1.54, 1.807) is 0 Å². The summed E-state index contributed by atoms with van der Waals surface area (Å²) in [5.41, 5.74) is 7.34. The minimum atomic E-state index is 0. The first-order valence-corrected chi connectivity index (χ1v) is 8.06. The van der Waals surface area contributed by atoms with E-state index in [1.165, 1.54) is 31.5 Å². The molecule has 0 saturated carbocycles. The monoisotopic (exact) mass is 410 g/mol. The van der Waals surface area contributed by atoms with Crippen molar-refractivity contribution in [1.29, 1.82) is 0 Å². The number of halogens is 3.